The molecule has 152 valence electrons. The first-order valence-corrected chi connectivity index (χ1v) is 9.39. The number of carbonyl (C=O) groups is 1. The Morgan fingerprint density at radius 1 is 0.857 bits per heavy atom. The highest BCUT2D eigenvalue weighted by Crippen LogP contribution is 2.31. The third kappa shape index (κ3) is 5.09. The molecule has 0 saturated carbocycles. The topological polar surface area (TPSA) is 66.0 Å². The third-order valence-electron chi connectivity index (χ3n) is 4.54. The number of amides is 1. The first-order valence-electron chi connectivity index (χ1n) is 9.39. The molecule has 0 unspecified atom stereocenters. The minimum absolute atomic E-state index is 0.164. The van der Waals surface area contributed by atoms with Crippen molar-refractivity contribution in [1.29, 1.82) is 0 Å². The lowest BCUT2D eigenvalue weighted by atomic mass is 10.0. The van der Waals surface area contributed by atoms with Crippen LogP contribution in [0.3, 0.4) is 0 Å². The van der Waals surface area contributed by atoms with Gasteiger partial charge in [0.15, 0.2) is 29.1 Å². The average molecular weight is 387 g/mol. The van der Waals surface area contributed by atoms with Crippen LogP contribution >= 0.6 is 0 Å². The molecule has 2 atom stereocenters. The summed E-state index contributed by atoms with van der Waals surface area (Å²) in [5.74, 6) is 2.25. The number of nitrogens with one attached hydrogen (secondary N) is 1. The zero-order chi connectivity index (χ0) is 20.5. The average Bonchev–Trinajstić information content (AvgIpc) is 2.75. The molecule has 0 aliphatic heterocycles. The van der Waals surface area contributed by atoms with Crippen LogP contribution in [0.4, 0.5) is 0 Å². The van der Waals surface area contributed by atoms with Gasteiger partial charge in [-0.2, -0.15) is 0 Å². The molecule has 2 aromatic carbocycles. The van der Waals surface area contributed by atoms with Crippen molar-refractivity contribution in [3.05, 3.63) is 48.0 Å². The molecule has 0 saturated heterocycles. The number of hydrogen-bond donors (Lipinski definition) is 1. The fourth-order valence-corrected chi connectivity index (χ4v) is 2.95. The fourth-order valence-electron chi connectivity index (χ4n) is 2.95. The van der Waals surface area contributed by atoms with Crippen molar-refractivity contribution in [2.45, 2.75) is 38.8 Å². The normalized spacial score (nSPS) is 12.6. The molecule has 2 rings (SSSR count). The smallest absolute Gasteiger partial charge is 0.261 e. The summed E-state index contributed by atoms with van der Waals surface area (Å²) in [5.41, 5.74) is 0.945. The molecule has 0 aliphatic carbocycles. The molecule has 6 nitrogen and oxygen atoms in total. The van der Waals surface area contributed by atoms with Gasteiger partial charge in [-0.3, -0.25) is 4.79 Å². The summed E-state index contributed by atoms with van der Waals surface area (Å²) in [5, 5.41) is 3.08. The van der Waals surface area contributed by atoms with Gasteiger partial charge in [0.1, 0.15) is 0 Å². The zero-order valence-electron chi connectivity index (χ0n) is 17.2. The Kier molecular flexibility index (Phi) is 7.99. The minimum Gasteiger partial charge on any atom is -0.493 e. The van der Waals surface area contributed by atoms with Crippen LogP contribution < -0.4 is 24.3 Å². The summed E-state index contributed by atoms with van der Waals surface area (Å²) in [6.45, 7) is 3.93. The Morgan fingerprint density at radius 3 is 2.04 bits per heavy atom. The Hall–Kier alpha value is -2.89. The molecule has 1 N–H and O–H groups in total. The number of hydrogen-bond acceptors (Lipinski definition) is 5. The van der Waals surface area contributed by atoms with Gasteiger partial charge in [-0.25, -0.2) is 0 Å². The van der Waals surface area contributed by atoms with Crippen LogP contribution in [0.25, 0.3) is 0 Å². The van der Waals surface area contributed by atoms with E-state index in [1.165, 1.54) is 0 Å². The van der Waals surface area contributed by atoms with Gasteiger partial charge in [0, 0.05) is 0 Å². The van der Waals surface area contributed by atoms with Gasteiger partial charge in [0.05, 0.1) is 27.4 Å². The number of rotatable bonds is 10. The van der Waals surface area contributed by atoms with Crippen LogP contribution in [0.1, 0.15) is 38.3 Å². The molecule has 2 aromatic rings. The van der Waals surface area contributed by atoms with Crippen molar-refractivity contribution in [3.8, 4) is 23.0 Å². The van der Waals surface area contributed by atoms with E-state index in [0.717, 1.165) is 12.0 Å². The van der Waals surface area contributed by atoms with Crippen molar-refractivity contribution < 1.29 is 23.7 Å². The van der Waals surface area contributed by atoms with Gasteiger partial charge in [-0.05, 0) is 42.7 Å². The Labute approximate surface area is 166 Å². The SMILES string of the molecule is CC[C@H](NC(=O)[C@@H](CC)Oc1ccccc1OC)c1ccc(OC)c(OC)c1. The van der Waals surface area contributed by atoms with E-state index in [2.05, 4.69) is 5.32 Å². The van der Waals surface area contributed by atoms with E-state index in [9.17, 15) is 4.79 Å². The van der Waals surface area contributed by atoms with Gasteiger partial charge in [0.2, 0.25) is 0 Å². The molecule has 0 heterocycles. The number of ether oxygens (including phenoxy) is 4. The summed E-state index contributed by atoms with van der Waals surface area (Å²) in [7, 11) is 4.76. The van der Waals surface area contributed by atoms with E-state index in [4.69, 9.17) is 18.9 Å². The Balaban J connectivity index is 2.15. The van der Waals surface area contributed by atoms with Gasteiger partial charge in [-0.15, -0.1) is 0 Å². The van der Waals surface area contributed by atoms with Gasteiger partial charge in [0.25, 0.3) is 5.91 Å². The molecule has 0 spiro atoms. The highest BCUT2D eigenvalue weighted by molar-refractivity contribution is 5.81. The number of carbonyl (C=O) groups excluding carboxylic acids is 1. The van der Waals surface area contributed by atoms with Crippen molar-refractivity contribution in [2.24, 2.45) is 0 Å². The summed E-state index contributed by atoms with van der Waals surface area (Å²) < 4.78 is 21.9. The highest BCUT2D eigenvalue weighted by atomic mass is 16.5. The van der Waals surface area contributed by atoms with Crippen molar-refractivity contribution in [2.75, 3.05) is 21.3 Å². The molecule has 6 heteroatoms. The fraction of sp³-hybridized carbons (Fsp3) is 0.409. The summed E-state index contributed by atoms with van der Waals surface area (Å²) in [4.78, 5) is 12.9. The Bertz CT molecular complexity index is 777. The van der Waals surface area contributed by atoms with E-state index in [-0.39, 0.29) is 11.9 Å². The molecule has 28 heavy (non-hydrogen) atoms. The molecule has 0 bridgehead atoms. The predicted octanol–water partition coefficient (Wildman–Crippen LogP) is 4.14. The molecule has 0 radical (unpaired) electrons. The first-order chi connectivity index (χ1) is 13.6. The maximum Gasteiger partial charge on any atom is 0.261 e. The molecule has 0 aliphatic rings. The van der Waals surface area contributed by atoms with Crippen molar-refractivity contribution in [3.63, 3.8) is 0 Å². The number of benzene rings is 2. The zero-order valence-corrected chi connectivity index (χ0v) is 17.2. The van der Waals surface area contributed by atoms with E-state index < -0.39 is 6.10 Å². The number of para-hydroxylation sites is 2. The maximum absolute atomic E-state index is 12.9. The monoisotopic (exact) mass is 387 g/mol. The van der Waals surface area contributed by atoms with E-state index >= 15 is 0 Å². The lowest BCUT2D eigenvalue weighted by molar-refractivity contribution is -0.129. The highest BCUT2D eigenvalue weighted by Gasteiger charge is 2.23. The standard InChI is InChI=1S/C22H29NO5/c1-6-16(15-12-13-19(26-4)21(14-15)27-5)23-22(24)17(7-2)28-20-11-9-8-10-18(20)25-3/h8-14,16-17H,6-7H2,1-5H3,(H,23,24)/t16-,17+/m0/s1. The minimum atomic E-state index is -0.620. The van der Waals surface area contributed by atoms with Gasteiger partial charge in [-0.1, -0.05) is 32.0 Å². The quantitative estimate of drug-likeness (QED) is 0.664. The van der Waals surface area contributed by atoms with Crippen LogP contribution in [-0.4, -0.2) is 33.3 Å². The molecular formula is C22H29NO5. The van der Waals surface area contributed by atoms with Crippen molar-refractivity contribution >= 4 is 5.91 Å². The van der Waals surface area contributed by atoms with E-state index in [1.807, 2.05) is 44.2 Å². The molecule has 0 aromatic heterocycles. The van der Waals surface area contributed by atoms with Crippen molar-refractivity contribution in [1.82, 2.24) is 5.32 Å². The van der Waals surface area contributed by atoms with Gasteiger partial charge < -0.3 is 24.3 Å². The lowest BCUT2D eigenvalue weighted by Crippen LogP contribution is -2.40. The van der Waals surface area contributed by atoms with Crippen LogP contribution in [0.2, 0.25) is 0 Å². The molecule has 1 amide bonds. The Morgan fingerprint density at radius 2 is 1.46 bits per heavy atom. The number of methoxy groups -OCH3 is 3. The predicted molar refractivity (Wildman–Crippen MR) is 108 cm³/mol. The summed E-state index contributed by atoms with van der Waals surface area (Å²) >= 11 is 0. The van der Waals surface area contributed by atoms with Crippen LogP contribution in [-0.2, 0) is 4.79 Å². The molecular weight excluding hydrogens is 358 g/mol. The third-order valence-corrected chi connectivity index (χ3v) is 4.54. The van der Waals surface area contributed by atoms with Crippen LogP contribution in [0.15, 0.2) is 42.5 Å². The summed E-state index contributed by atoms with van der Waals surface area (Å²) in [6.07, 6.45) is 0.643. The van der Waals surface area contributed by atoms with Crippen LogP contribution in [0.5, 0.6) is 23.0 Å². The van der Waals surface area contributed by atoms with Gasteiger partial charge >= 0.3 is 0 Å². The maximum atomic E-state index is 12.9. The lowest BCUT2D eigenvalue weighted by Gasteiger charge is -2.23. The first kappa shape index (κ1) is 21.4. The second-order valence-electron chi connectivity index (χ2n) is 6.25. The largest absolute Gasteiger partial charge is 0.493 e. The second-order valence-corrected chi connectivity index (χ2v) is 6.25. The van der Waals surface area contributed by atoms with Crippen LogP contribution in [0, 0.1) is 0 Å². The second kappa shape index (κ2) is 10.4. The summed E-state index contributed by atoms with van der Waals surface area (Å²) in [6, 6.07) is 12.8. The van der Waals surface area contributed by atoms with E-state index in [1.54, 1.807) is 33.5 Å². The van der Waals surface area contributed by atoms with E-state index in [0.29, 0.717) is 29.4 Å². The molecule has 0 fully saturated rings.